The minimum absolute atomic E-state index is 0.0699. The first-order valence-electron chi connectivity index (χ1n) is 9.87. The highest BCUT2D eigenvalue weighted by Gasteiger charge is 2.29. The van der Waals surface area contributed by atoms with Crippen molar-refractivity contribution in [3.8, 4) is 0 Å². The molecule has 0 spiro atoms. The Kier molecular flexibility index (Phi) is 5.28. The van der Waals surface area contributed by atoms with Crippen molar-refractivity contribution >= 4 is 17.4 Å². The fraction of sp³-hybridized carbons (Fsp3) is 0.476. The van der Waals surface area contributed by atoms with Crippen LogP contribution in [0.15, 0.2) is 36.8 Å². The number of amides is 1. The van der Waals surface area contributed by atoms with Crippen LogP contribution >= 0.6 is 0 Å². The maximum Gasteiger partial charge on any atom is 0.224 e. The van der Waals surface area contributed by atoms with Gasteiger partial charge in [-0.3, -0.25) is 14.7 Å². The van der Waals surface area contributed by atoms with Crippen molar-refractivity contribution in [2.24, 2.45) is 0 Å². The van der Waals surface area contributed by atoms with Crippen LogP contribution < -0.4 is 9.80 Å². The lowest BCUT2D eigenvalue weighted by Gasteiger charge is -2.36. The molecule has 7 nitrogen and oxygen atoms in total. The molecule has 0 aliphatic carbocycles. The fourth-order valence-electron chi connectivity index (χ4n) is 4.30. The third-order valence-electron chi connectivity index (χ3n) is 5.72. The van der Waals surface area contributed by atoms with Gasteiger partial charge in [0.2, 0.25) is 5.91 Å². The predicted molar refractivity (Wildman–Crippen MR) is 108 cm³/mol. The third kappa shape index (κ3) is 3.72. The lowest BCUT2D eigenvalue weighted by Crippen LogP contribution is -2.47. The van der Waals surface area contributed by atoms with Crippen LogP contribution in [0.2, 0.25) is 0 Å². The summed E-state index contributed by atoms with van der Waals surface area (Å²) >= 11 is 0. The van der Waals surface area contributed by atoms with Gasteiger partial charge in [0.05, 0.1) is 12.3 Å². The molecule has 2 aromatic rings. The minimum atomic E-state index is -0.532. The molecule has 2 aliphatic rings. The number of fused-ring (bicyclic) bond motifs is 1. The van der Waals surface area contributed by atoms with Crippen LogP contribution in [-0.4, -0.2) is 64.6 Å². The Balaban J connectivity index is 1.37. The van der Waals surface area contributed by atoms with E-state index in [4.69, 9.17) is 0 Å². The van der Waals surface area contributed by atoms with E-state index >= 15 is 0 Å². The second-order valence-electron chi connectivity index (χ2n) is 7.70. The maximum atomic E-state index is 11.9. The molecule has 7 heteroatoms. The molecule has 28 heavy (non-hydrogen) atoms. The van der Waals surface area contributed by atoms with E-state index in [2.05, 4.69) is 32.8 Å². The van der Waals surface area contributed by atoms with Crippen LogP contribution in [0.25, 0.3) is 0 Å². The van der Waals surface area contributed by atoms with Crippen molar-refractivity contribution in [3.63, 3.8) is 0 Å². The van der Waals surface area contributed by atoms with Crippen molar-refractivity contribution in [1.82, 2.24) is 14.9 Å². The van der Waals surface area contributed by atoms with Crippen molar-refractivity contribution in [2.45, 2.75) is 32.4 Å². The average Bonchev–Trinajstić information content (AvgIpc) is 3.04. The number of hydrogen-bond donors (Lipinski definition) is 1. The number of hydrogen-bond acceptors (Lipinski definition) is 6. The van der Waals surface area contributed by atoms with Gasteiger partial charge in [0.25, 0.3) is 0 Å². The molecule has 1 fully saturated rings. The number of benzene rings is 1. The second-order valence-corrected chi connectivity index (χ2v) is 7.70. The number of piperazine rings is 1. The Bertz CT molecular complexity index is 836. The van der Waals surface area contributed by atoms with Crippen LogP contribution in [0.5, 0.6) is 0 Å². The zero-order chi connectivity index (χ0) is 19.7. The third-order valence-corrected chi connectivity index (χ3v) is 5.72. The summed E-state index contributed by atoms with van der Waals surface area (Å²) in [4.78, 5) is 26.7. The zero-order valence-electron chi connectivity index (χ0n) is 16.5. The molecule has 2 aliphatic heterocycles. The minimum Gasteiger partial charge on any atom is -0.387 e. The van der Waals surface area contributed by atoms with Gasteiger partial charge in [-0.15, -0.1) is 0 Å². The van der Waals surface area contributed by atoms with E-state index in [0.29, 0.717) is 6.54 Å². The first-order valence-corrected chi connectivity index (χ1v) is 9.87. The lowest BCUT2D eigenvalue weighted by molar-refractivity contribution is -0.116. The SMILES string of the molecule is CC(=O)N1c2ccc([C@H](O)CN3CCN(c4cnccn4)CC3)cc2C[C@H]1C. The molecule has 1 aromatic heterocycles. The van der Waals surface area contributed by atoms with E-state index in [-0.39, 0.29) is 11.9 Å². The number of aliphatic hydroxyl groups excluding tert-OH is 1. The number of β-amino-alcohol motifs (C(OH)–C–C–N with tert-alkyl or cyclic N) is 1. The van der Waals surface area contributed by atoms with E-state index < -0.39 is 6.10 Å². The van der Waals surface area contributed by atoms with Gasteiger partial charge in [0.15, 0.2) is 0 Å². The van der Waals surface area contributed by atoms with Gasteiger partial charge in [-0.2, -0.15) is 0 Å². The summed E-state index contributed by atoms with van der Waals surface area (Å²) in [5, 5.41) is 10.8. The Morgan fingerprint density at radius 2 is 2.04 bits per heavy atom. The molecule has 0 radical (unpaired) electrons. The zero-order valence-corrected chi connectivity index (χ0v) is 16.5. The Labute approximate surface area is 165 Å². The van der Waals surface area contributed by atoms with Crippen LogP contribution in [0, 0.1) is 0 Å². The molecule has 1 N–H and O–H groups in total. The van der Waals surface area contributed by atoms with Crippen LogP contribution in [0.4, 0.5) is 11.5 Å². The molecule has 4 rings (SSSR count). The molecule has 1 aromatic carbocycles. The summed E-state index contributed by atoms with van der Waals surface area (Å²) in [6.07, 6.45) is 5.50. The van der Waals surface area contributed by atoms with E-state index in [1.807, 2.05) is 17.0 Å². The standard InChI is InChI=1S/C21H27N5O2/c1-15-11-18-12-17(3-4-19(18)26(15)16(2)27)20(28)14-24-7-9-25(10-8-24)21-13-22-5-6-23-21/h3-6,12-13,15,20,28H,7-11,14H2,1-2H3/t15-,20-/m1/s1. The Hall–Kier alpha value is -2.51. The van der Waals surface area contributed by atoms with E-state index in [0.717, 1.165) is 55.2 Å². The van der Waals surface area contributed by atoms with E-state index in [1.54, 1.807) is 25.5 Å². The maximum absolute atomic E-state index is 11.9. The molecule has 3 heterocycles. The summed E-state index contributed by atoms with van der Waals surface area (Å²) in [7, 11) is 0. The van der Waals surface area contributed by atoms with Crippen LogP contribution in [0.3, 0.4) is 0 Å². The monoisotopic (exact) mass is 381 g/mol. The highest BCUT2D eigenvalue weighted by molar-refractivity contribution is 5.94. The topological polar surface area (TPSA) is 72.8 Å². The summed E-state index contributed by atoms with van der Waals surface area (Å²) < 4.78 is 0. The number of aromatic nitrogens is 2. The van der Waals surface area contributed by atoms with Gasteiger partial charge in [-0.05, 0) is 30.5 Å². The summed E-state index contributed by atoms with van der Waals surface area (Å²) in [5.41, 5.74) is 3.05. The molecule has 2 atom stereocenters. The van der Waals surface area contributed by atoms with E-state index in [1.165, 1.54) is 0 Å². The Morgan fingerprint density at radius 3 is 2.71 bits per heavy atom. The molecule has 1 amide bonds. The van der Waals surface area contributed by atoms with Crippen molar-refractivity contribution < 1.29 is 9.90 Å². The summed E-state index contributed by atoms with van der Waals surface area (Å²) in [6.45, 7) is 7.80. The van der Waals surface area contributed by atoms with Crippen LogP contribution in [0.1, 0.15) is 31.1 Å². The first-order chi connectivity index (χ1) is 13.5. The lowest BCUT2D eigenvalue weighted by atomic mass is 10.0. The molecule has 0 saturated carbocycles. The summed E-state index contributed by atoms with van der Waals surface area (Å²) in [6, 6.07) is 6.17. The largest absolute Gasteiger partial charge is 0.387 e. The molecule has 1 saturated heterocycles. The summed E-state index contributed by atoms with van der Waals surface area (Å²) in [5.74, 6) is 0.978. The first kappa shape index (κ1) is 18.8. The van der Waals surface area contributed by atoms with Gasteiger partial charge >= 0.3 is 0 Å². The number of aliphatic hydroxyl groups is 1. The van der Waals surface area contributed by atoms with Crippen molar-refractivity contribution in [1.29, 1.82) is 0 Å². The normalized spacial score (nSPS) is 20.9. The number of nitrogens with zero attached hydrogens (tertiary/aromatic N) is 5. The predicted octanol–water partition coefficient (Wildman–Crippen LogP) is 1.63. The van der Waals surface area contributed by atoms with Gasteiger partial charge in [-0.1, -0.05) is 12.1 Å². The fourth-order valence-corrected chi connectivity index (χ4v) is 4.30. The van der Waals surface area contributed by atoms with E-state index in [9.17, 15) is 9.90 Å². The van der Waals surface area contributed by atoms with Gasteiger partial charge in [-0.25, -0.2) is 4.98 Å². The highest BCUT2D eigenvalue weighted by Crippen LogP contribution is 2.34. The number of carbonyl (C=O) groups is 1. The molecule has 0 unspecified atom stereocenters. The van der Waals surface area contributed by atoms with Crippen LogP contribution in [-0.2, 0) is 11.2 Å². The number of carbonyl (C=O) groups excluding carboxylic acids is 1. The molecule has 0 bridgehead atoms. The average molecular weight is 381 g/mol. The quantitative estimate of drug-likeness (QED) is 0.868. The molecule has 148 valence electrons. The Morgan fingerprint density at radius 1 is 1.25 bits per heavy atom. The number of rotatable bonds is 4. The molecular weight excluding hydrogens is 354 g/mol. The van der Waals surface area contributed by atoms with Crippen molar-refractivity contribution in [3.05, 3.63) is 47.9 Å². The second kappa shape index (κ2) is 7.85. The van der Waals surface area contributed by atoms with Gasteiger partial charge < -0.3 is 14.9 Å². The van der Waals surface area contributed by atoms with Gasteiger partial charge in [0, 0.05) is 63.8 Å². The number of anilines is 2. The van der Waals surface area contributed by atoms with Gasteiger partial charge in [0.1, 0.15) is 5.82 Å². The smallest absolute Gasteiger partial charge is 0.224 e. The highest BCUT2D eigenvalue weighted by atomic mass is 16.3. The van der Waals surface area contributed by atoms with Crippen molar-refractivity contribution in [2.75, 3.05) is 42.5 Å². The molecular formula is C21H27N5O2.